The molecule has 2 aromatic carbocycles. The second kappa shape index (κ2) is 9.82. The molecule has 1 aliphatic heterocycles. The quantitative estimate of drug-likeness (QED) is 0.269. The molecule has 1 aromatic heterocycles. The third-order valence-corrected chi connectivity index (χ3v) is 6.22. The van der Waals surface area contributed by atoms with E-state index in [4.69, 9.17) is 27.2 Å². The Balaban J connectivity index is 1.60. The van der Waals surface area contributed by atoms with Crippen LogP contribution in [0.5, 0.6) is 0 Å². The summed E-state index contributed by atoms with van der Waals surface area (Å²) in [4.78, 5) is 20.6. The highest BCUT2D eigenvalue weighted by atomic mass is 35.5. The molecule has 3 aromatic rings. The van der Waals surface area contributed by atoms with Gasteiger partial charge in [-0.2, -0.15) is 0 Å². The molecule has 0 aliphatic carbocycles. The van der Waals surface area contributed by atoms with E-state index >= 15 is 0 Å². The molecular formula is C22H23ClN4O3S. The van der Waals surface area contributed by atoms with Crippen LogP contribution >= 0.6 is 23.4 Å². The molecule has 0 radical (unpaired) electrons. The number of hydrogen-bond donors (Lipinski definition) is 3. The van der Waals surface area contributed by atoms with Crippen LogP contribution in [0.25, 0.3) is 22.0 Å². The first-order valence-corrected chi connectivity index (χ1v) is 11.4. The van der Waals surface area contributed by atoms with Gasteiger partial charge in [0.1, 0.15) is 5.03 Å². The summed E-state index contributed by atoms with van der Waals surface area (Å²) in [5.74, 6) is 0.653. The number of aliphatic hydroxyl groups excluding tert-OH is 1. The number of thioether (sulfide) groups is 1. The van der Waals surface area contributed by atoms with Crippen LogP contribution in [0.3, 0.4) is 0 Å². The monoisotopic (exact) mass is 458 g/mol. The Hall–Kier alpha value is -2.39. The summed E-state index contributed by atoms with van der Waals surface area (Å²) in [6, 6.07) is 9.88. The summed E-state index contributed by atoms with van der Waals surface area (Å²) in [6.45, 7) is 1.63. The summed E-state index contributed by atoms with van der Waals surface area (Å²) in [7, 11) is 0. The molecule has 0 saturated carbocycles. The largest absolute Gasteiger partial charge is 0.396 e. The van der Waals surface area contributed by atoms with Gasteiger partial charge in [-0.25, -0.2) is 9.97 Å². The van der Waals surface area contributed by atoms with E-state index in [2.05, 4.69) is 21.4 Å². The number of rotatable bonds is 8. The molecule has 0 bridgehead atoms. The predicted octanol–water partition coefficient (Wildman–Crippen LogP) is 3.54. The van der Waals surface area contributed by atoms with Gasteiger partial charge in [0, 0.05) is 30.9 Å². The summed E-state index contributed by atoms with van der Waals surface area (Å²) in [6.07, 6.45) is 0.892. The lowest BCUT2D eigenvalue weighted by atomic mass is 9.93. The van der Waals surface area contributed by atoms with E-state index in [1.807, 2.05) is 24.3 Å². The number of carbonyl (C=O) groups is 1. The van der Waals surface area contributed by atoms with E-state index in [-0.39, 0.29) is 18.5 Å². The molecule has 0 spiro atoms. The van der Waals surface area contributed by atoms with Crippen molar-refractivity contribution in [1.29, 1.82) is 0 Å². The number of ether oxygens (including phenoxy) is 1. The highest BCUT2D eigenvalue weighted by Gasteiger charge is 2.20. The number of benzene rings is 2. The molecule has 9 heteroatoms. The fraction of sp³-hybridized carbons (Fsp3) is 0.318. The molecule has 2 heterocycles. The highest BCUT2D eigenvalue weighted by molar-refractivity contribution is 7.99. The van der Waals surface area contributed by atoms with Gasteiger partial charge in [-0.3, -0.25) is 4.79 Å². The first kappa shape index (κ1) is 21.8. The SMILES string of the molecule is Nc1nc(SCCC(=O)NCCCO)cc(-c2c(Cl)cc3c4c(cccc24)COC3)n1. The number of hydrogen-bond acceptors (Lipinski definition) is 7. The Labute approximate surface area is 189 Å². The van der Waals surface area contributed by atoms with Crippen LogP contribution in [-0.2, 0) is 22.7 Å². The zero-order valence-electron chi connectivity index (χ0n) is 16.9. The van der Waals surface area contributed by atoms with Gasteiger partial charge in [0.15, 0.2) is 0 Å². The second-order valence-corrected chi connectivity index (χ2v) is 8.72. The molecule has 0 saturated heterocycles. The number of halogens is 1. The van der Waals surface area contributed by atoms with Crippen molar-refractivity contribution in [1.82, 2.24) is 15.3 Å². The summed E-state index contributed by atoms with van der Waals surface area (Å²) < 4.78 is 5.67. The lowest BCUT2D eigenvalue weighted by Gasteiger charge is -2.20. The minimum atomic E-state index is -0.0583. The van der Waals surface area contributed by atoms with E-state index in [0.29, 0.717) is 54.1 Å². The summed E-state index contributed by atoms with van der Waals surface area (Å²) in [5, 5.41) is 15.0. The molecule has 1 amide bonds. The number of aliphatic hydroxyl groups is 1. The van der Waals surface area contributed by atoms with E-state index in [9.17, 15) is 4.79 Å². The number of nitrogens with one attached hydrogen (secondary N) is 1. The van der Waals surface area contributed by atoms with Crippen LogP contribution < -0.4 is 11.1 Å². The maximum absolute atomic E-state index is 11.9. The molecule has 7 nitrogen and oxygen atoms in total. The van der Waals surface area contributed by atoms with Crippen molar-refractivity contribution >= 4 is 46.0 Å². The Morgan fingerprint density at radius 3 is 2.94 bits per heavy atom. The van der Waals surface area contributed by atoms with Gasteiger partial charge in [0.25, 0.3) is 0 Å². The number of amides is 1. The van der Waals surface area contributed by atoms with Crippen LogP contribution in [-0.4, -0.2) is 39.9 Å². The molecule has 0 unspecified atom stereocenters. The van der Waals surface area contributed by atoms with Crippen LogP contribution in [0.4, 0.5) is 5.95 Å². The Kier molecular flexibility index (Phi) is 6.92. The minimum Gasteiger partial charge on any atom is -0.396 e. The normalized spacial score (nSPS) is 12.8. The van der Waals surface area contributed by atoms with E-state index < -0.39 is 0 Å². The van der Waals surface area contributed by atoms with Gasteiger partial charge in [-0.15, -0.1) is 11.8 Å². The minimum absolute atomic E-state index is 0.0583. The number of nitrogen functional groups attached to an aromatic ring is 1. The predicted molar refractivity (Wildman–Crippen MR) is 123 cm³/mol. The second-order valence-electron chi connectivity index (χ2n) is 7.20. The first-order valence-electron chi connectivity index (χ1n) is 10.0. The van der Waals surface area contributed by atoms with Crippen LogP contribution in [0, 0.1) is 0 Å². The zero-order valence-corrected chi connectivity index (χ0v) is 18.4. The molecule has 31 heavy (non-hydrogen) atoms. The maximum atomic E-state index is 11.9. The Morgan fingerprint density at radius 2 is 2.10 bits per heavy atom. The van der Waals surface area contributed by atoms with Crippen LogP contribution in [0.15, 0.2) is 35.4 Å². The van der Waals surface area contributed by atoms with Crippen molar-refractivity contribution in [2.75, 3.05) is 24.6 Å². The van der Waals surface area contributed by atoms with Crippen LogP contribution in [0.2, 0.25) is 5.02 Å². The van der Waals surface area contributed by atoms with Gasteiger partial charge in [0.05, 0.1) is 23.9 Å². The Bertz CT molecular complexity index is 1130. The summed E-state index contributed by atoms with van der Waals surface area (Å²) in [5.41, 5.74) is 9.67. The van der Waals surface area contributed by atoms with E-state index in [1.54, 1.807) is 0 Å². The van der Waals surface area contributed by atoms with Crippen molar-refractivity contribution in [2.24, 2.45) is 0 Å². The van der Waals surface area contributed by atoms with Gasteiger partial charge >= 0.3 is 0 Å². The Morgan fingerprint density at radius 1 is 1.26 bits per heavy atom. The molecule has 4 rings (SSSR count). The lowest BCUT2D eigenvalue weighted by Crippen LogP contribution is -2.25. The van der Waals surface area contributed by atoms with Gasteiger partial charge < -0.3 is 20.9 Å². The molecular weight excluding hydrogens is 436 g/mol. The fourth-order valence-corrected chi connectivity index (χ4v) is 4.85. The van der Waals surface area contributed by atoms with Crippen molar-refractivity contribution in [3.05, 3.63) is 46.5 Å². The number of nitrogens with two attached hydrogens (primary N) is 1. The zero-order chi connectivity index (χ0) is 21.8. The van der Waals surface area contributed by atoms with Crippen molar-refractivity contribution in [2.45, 2.75) is 31.1 Å². The van der Waals surface area contributed by atoms with E-state index in [0.717, 1.165) is 27.5 Å². The van der Waals surface area contributed by atoms with Crippen LogP contribution in [0.1, 0.15) is 24.0 Å². The average molecular weight is 459 g/mol. The number of anilines is 1. The molecule has 0 atom stereocenters. The highest BCUT2D eigenvalue weighted by Crippen LogP contribution is 2.40. The number of nitrogens with zero attached hydrogens (tertiary/aromatic N) is 2. The maximum Gasteiger partial charge on any atom is 0.221 e. The lowest BCUT2D eigenvalue weighted by molar-refractivity contribution is -0.120. The molecule has 162 valence electrons. The number of carbonyl (C=O) groups excluding carboxylic acids is 1. The van der Waals surface area contributed by atoms with Crippen molar-refractivity contribution in [3.8, 4) is 11.3 Å². The summed E-state index contributed by atoms with van der Waals surface area (Å²) >= 11 is 8.11. The topological polar surface area (TPSA) is 110 Å². The third kappa shape index (κ3) is 4.93. The number of aromatic nitrogens is 2. The van der Waals surface area contributed by atoms with Gasteiger partial charge in [-0.05, 0) is 40.5 Å². The van der Waals surface area contributed by atoms with Gasteiger partial charge in [0.2, 0.25) is 11.9 Å². The van der Waals surface area contributed by atoms with Crippen molar-refractivity contribution < 1.29 is 14.6 Å². The van der Waals surface area contributed by atoms with E-state index in [1.165, 1.54) is 11.8 Å². The molecule has 1 aliphatic rings. The first-order chi connectivity index (χ1) is 15.1. The third-order valence-electron chi connectivity index (χ3n) is 5.01. The standard InChI is InChI=1S/C22H23ClN4O3S/c23-16-9-14-12-30-11-13-3-1-4-15(20(13)14)21(16)17-10-19(27-22(24)26-17)31-8-5-18(29)25-6-2-7-28/h1,3-4,9-10,28H,2,5-8,11-12H2,(H,25,29)(H2,24,26,27). The van der Waals surface area contributed by atoms with Crippen molar-refractivity contribution in [3.63, 3.8) is 0 Å². The van der Waals surface area contributed by atoms with Gasteiger partial charge in [-0.1, -0.05) is 29.8 Å². The smallest absolute Gasteiger partial charge is 0.221 e. The fourth-order valence-electron chi connectivity index (χ4n) is 3.67. The molecule has 0 fully saturated rings. The average Bonchev–Trinajstić information content (AvgIpc) is 2.74. The molecule has 4 N–H and O–H groups in total.